The second-order valence-corrected chi connectivity index (χ2v) is 6.14. The summed E-state index contributed by atoms with van der Waals surface area (Å²) in [6, 6.07) is 14.0. The fraction of sp³-hybridized carbons (Fsp3) is 0.143. The lowest BCUT2D eigenvalue weighted by molar-refractivity contribution is 0.284. The lowest BCUT2D eigenvalue weighted by Crippen LogP contribution is -1.99. The van der Waals surface area contributed by atoms with Gasteiger partial charge in [-0.25, -0.2) is 9.37 Å². The van der Waals surface area contributed by atoms with Crippen LogP contribution in [0.5, 0.6) is 11.5 Å². The number of methoxy groups -OCH3 is 1. The summed E-state index contributed by atoms with van der Waals surface area (Å²) in [5.41, 5.74) is 3.29. The van der Waals surface area contributed by atoms with Gasteiger partial charge in [0.2, 0.25) is 0 Å². The first-order valence-electron chi connectivity index (χ1n) is 8.48. The molecule has 136 valence electrons. The van der Waals surface area contributed by atoms with Crippen molar-refractivity contribution in [1.29, 1.82) is 0 Å². The molecule has 0 bridgehead atoms. The largest absolute Gasteiger partial charge is 0.493 e. The number of imidazole rings is 1. The predicted octanol–water partition coefficient (Wildman–Crippen LogP) is 4.36. The third kappa shape index (κ3) is 3.33. The van der Waals surface area contributed by atoms with E-state index >= 15 is 0 Å². The van der Waals surface area contributed by atoms with Crippen LogP contribution in [-0.2, 0) is 13.7 Å². The van der Waals surface area contributed by atoms with Crippen LogP contribution in [0.15, 0.2) is 60.9 Å². The van der Waals surface area contributed by atoms with Crippen molar-refractivity contribution in [2.24, 2.45) is 7.05 Å². The maximum absolute atomic E-state index is 13.5. The fourth-order valence-electron chi connectivity index (χ4n) is 3.00. The van der Waals surface area contributed by atoms with Crippen LogP contribution in [-0.4, -0.2) is 21.6 Å². The van der Waals surface area contributed by atoms with Crippen molar-refractivity contribution >= 4 is 11.0 Å². The van der Waals surface area contributed by atoms with Gasteiger partial charge >= 0.3 is 0 Å². The third-order valence-corrected chi connectivity index (χ3v) is 4.38. The van der Waals surface area contributed by atoms with E-state index in [1.807, 2.05) is 41.9 Å². The fourth-order valence-corrected chi connectivity index (χ4v) is 3.00. The van der Waals surface area contributed by atoms with Gasteiger partial charge in [0.25, 0.3) is 0 Å². The molecule has 0 amide bonds. The number of fused-ring (bicyclic) bond motifs is 1. The molecule has 4 aromatic rings. The first-order chi connectivity index (χ1) is 13.2. The lowest BCUT2D eigenvalue weighted by atomic mass is 10.2. The van der Waals surface area contributed by atoms with Gasteiger partial charge in [0.15, 0.2) is 11.5 Å². The summed E-state index contributed by atoms with van der Waals surface area (Å²) in [6.45, 7) is 0.376. The Kier molecular flexibility index (Phi) is 4.46. The Bertz CT molecular complexity index is 1090. The van der Waals surface area contributed by atoms with E-state index in [9.17, 15) is 4.39 Å². The highest BCUT2D eigenvalue weighted by atomic mass is 19.1. The normalized spacial score (nSPS) is 10.9. The molecule has 0 fully saturated rings. The zero-order chi connectivity index (χ0) is 18.8. The molecule has 0 saturated heterocycles. The number of halogens is 1. The van der Waals surface area contributed by atoms with Crippen LogP contribution < -0.4 is 9.47 Å². The van der Waals surface area contributed by atoms with Gasteiger partial charge in [0.05, 0.1) is 18.1 Å². The van der Waals surface area contributed by atoms with Crippen molar-refractivity contribution in [3.63, 3.8) is 0 Å². The van der Waals surface area contributed by atoms with Gasteiger partial charge in [-0.2, -0.15) is 0 Å². The van der Waals surface area contributed by atoms with Crippen LogP contribution in [0.1, 0.15) is 5.56 Å². The topological polar surface area (TPSA) is 49.2 Å². The summed E-state index contributed by atoms with van der Waals surface area (Å²) in [4.78, 5) is 8.67. The van der Waals surface area contributed by atoms with E-state index in [2.05, 4.69) is 9.97 Å². The van der Waals surface area contributed by atoms with Crippen molar-refractivity contribution in [3.05, 3.63) is 72.3 Å². The molecular weight excluding hydrogens is 345 g/mol. The van der Waals surface area contributed by atoms with Crippen molar-refractivity contribution < 1.29 is 13.9 Å². The van der Waals surface area contributed by atoms with Crippen molar-refractivity contribution in [2.45, 2.75) is 6.61 Å². The van der Waals surface area contributed by atoms with E-state index in [1.54, 1.807) is 25.6 Å². The summed E-state index contributed by atoms with van der Waals surface area (Å²) in [5.74, 6) is 1.66. The number of rotatable bonds is 5. The van der Waals surface area contributed by atoms with Crippen LogP contribution >= 0.6 is 0 Å². The zero-order valence-corrected chi connectivity index (χ0v) is 15.0. The van der Waals surface area contributed by atoms with Gasteiger partial charge in [-0.3, -0.25) is 4.98 Å². The number of pyridine rings is 1. The molecular formula is C21H18FN3O2. The van der Waals surface area contributed by atoms with Crippen LogP contribution in [0.25, 0.3) is 22.4 Å². The minimum absolute atomic E-state index is 0.303. The van der Waals surface area contributed by atoms with E-state index in [-0.39, 0.29) is 5.82 Å². The Labute approximate surface area is 156 Å². The Balaban J connectivity index is 1.70. The summed E-state index contributed by atoms with van der Waals surface area (Å²) in [6.07, 6.45) is 3.48. The standard InChI is InChI=1S/C21H18FN3O2/c1-25-18-7-6-16(22)11-17(18)24-21(25)15-5-8-19(26-2)20(10-15)27-13-14-4-3-9-23-12-14/h3-12H,13H2,1-2H3. The van der Waals surface area contributed by atoms with Gasteiger partial charge in [-0.1, -0.05) is 6.07 Å². The highest BCUT2D eigenvalue weighted by molar-refractivity contribution is 5.81. The maximum atomic E-state index is 13.5. The quantitative estimate of drug-likeness (QED) is 0.529. The van der Waals surface area contributed by atoms with E-state index in [1.165, 1.54) is 12.1 Å². The first-order valence-corrected chi connectivity index (χ1v) is 8.48. The molecule has 0 aliphatic carbocycles. The smallest absolute Gasteiger partial charge is 0.162 e. The van der Waals surface area contributed by atoms with Gasteiger partial charge in [-0.15, -0.1) is 0 Å². The molecule has 2 aromatic heterocycles. The molecule has 0 saturated carbocycles. The average Bonchev–Trinajstić information content (AvgIpc) is 3.02. The Morgan fingerprint density at radius 3 is 2.74 bits per heavy atom. The molecule has 0 aliphatic rings. The predicted molar refractivity (Wildman–Crippen MR) is 101 cm³/mol. The number of ether oxygens (including phenoxy) is 2. The van der Waals surface area contributed by atoms with Crippen molar-refractivity contribution in [1.82, 2.24) is 14.5 Å². The number of nitrogens with zero attached hydrogens (tertiary/aromatic N) is 3. The van der Waals surface area contributed by atoms with Crippen molar-refractivity contribution in [3.8, 4) is 22.9 Å². The molecule has 0 N–H and O–H groups in total. The van der Waals surface area contributed by atoms with Crippen LogP contribution in [0, 0.1) is 5.82 Å². The number of benzene rings is 2. The number of aromatic nitrogens is 3. The molecule has 2 aromatic carbocycles. The third-order valence-electron chi connectivity index (χ3n) is 4.38. The second kappa shape index (κ2) is 7.07. The van der Waals surface area contributed by atoms with Crippen LogP contribution in [0.3, 0.4) is 0 Å². The number of hydrogen-bond donors (Lipinski definition) is 0. The SMILES string of the molecule is COc1ccc(-c2nc3cc(F)ccc3n2C)cc1OCc1cccnc1. The Hall–Kier alpha value is -3.41. The van der Waals surface area contributed by atoms with E-state index in [0.717, 1.165) is 22.5 Å². The minimum Gasteiger partial charge on any atom is -0.493 e. The highest BCUT2D eigenvalue weighted by Crippen LogP contribution is 2.33. The molecule has 27 heavy (non-hydrogen) atoms. The minimum atomic E-state index is -0.303. The highest BCUT2D eigenvalue weighted by Gasteiger charge is 2.14. The average molecular weight is 363 g/mol. The molecule has 2 heterocycles. The lowest BCUT2D eigenvalue weighted by Gasteiger charge is -2.12. The maximum Gasteiger partial charge on any atom is 0.162 e. The number of aryl methyl sites for hydroxylation is 1. The van der Waals surface area contributed by atoms with Gasteiger partial charge in [0, 0.05) is 36.6 Å². The molecule has 0 radical (unpaired) electrons. The molecule has 5 nitrogen and oxygen atoms in total. The molecule has 0 aliphatic heterocycles. The van der Waals surface area contributed by atoms with E-state index in [4.69, 9.17) is 9.47 Å². The molecule has 0 unspecified atom stereocenters. The van der Waals surface area contributed by atoms with Gasteiger partial charge in [0.1, 0.15) is 18.2 Å². The van der Waals surface area contributed by atoms with Crippen LogP contribution in [0.4, 0.5) is 4.39 Å². The van der Waals surface area contributed by atoms with E-state index < -0.39 is 0 Å². The summed E-state index contributed by atoms with van der Waals surface area (Å²) >= 11 is 0. The van der Waals surface area contributed by atoms with E-state index in [0.29, 0.717) is 23.6 Å². The van der Waals surface area contributed by atoms with Gasteiger partial charge < -0.3 is 14.0 Å². The monoisotopic (exact) mass is 363 g/mol. The Morgan fingerprint density at radius 2 is 1.96 bits per heavy atom. The van der Waals surface area contributed by atoms with Crippen molar-refractivity contribution in [2.75, 3.05) is 7.11 Å². The summed E-state index contributed by atoms with van der Waals surface area (Å²) < 4.78 is 26.8. The summed E-state index contributed by atoms with van der Waals surface area (Å²) in [5, 5.41) is 0. The molecule has 0 spiro atoms. The molecule has 4 rings (SSSR count). The molecule has 0 atom stereocenters. The Morgan fingerprint density at radius 1 is 1.07 bits per heavy atom. The first kappa shape index (κ1) is 17.0. The van der Waals surface area contributed by atoms with Crippen LogP contribution in [0.2, 0.25) is 0 Å². The summed E-state index contributed by atoms with van der Waals surface area (Å²) in [7, 11) is 3.51. The second-order valence-electron chi connectivity index (χ2n) is 6.14. The van der Waals surface area contributed by atoms with Gasteiger partial charge in [-0.05, 0) is 36.4 Å². The number of hydrogen-bond acceptors (Lipinski definition) is 4. The zero-order valence-electron chi connectivity index (χ0n) is 15.0. The molecule has 6 heteroatoms.